The van der Waals surface area contributed by atoms with Crippen molar-refractivity contribution in [1.82, 2.24) is 10.2 Å². The Bertz CT molecular complexity index is 242. The van der Waals surface area contributed by atoms with E-state index in [4.69, 9.17) is 0 Å². The first kappa shape index (κ1) is 13.7. The van der Waals surface area contributed by atoms with Crippen LogP contribution in [0.2, 0.25) is 0 Å². The average Bonchev–Trinajstić information content (AvgIpc) is 3.14. The Balaban J connectivity index is 1.88. The molecule has 0 spiro atoms. The van der Waals surface area contributed by atoms with Crippen molar-refractivity contribution in [2.24, 2.45) is 5.92 Å². The van der Waals surface area contributed by atoms with E-state index < -0.39 is 0 Å². The van der Waals surface area contributed by atoms with Crippen LogP contribution in [0.25, 0.3) is 0 Å². The molecule has 1 saturated heterocycles. The highest BCUT2D eigenvalue weighted by Gasteiger charge is 2.45. The normalized spacial score (nSPS) is 35.1. The maximum atomic E-state index is 3.83. The quantitative estimate of drug-likeness (QED) is 0.735. The second-order valence-corrected chi connectivity index (χ2v) is 7.20. The summed E-state index contributed by atoms with van der Waals surface area (Å²) in [6.45, 7) is 10.8. The van der Waals surface area contributed by atoms with Crippen LogP contribution in [0, 0.1) is 5.92 Å². The van der Waals surface area contributed by atoms with Crippen LogP contribution < -0.4 is 5.32 Å². The molecule has 1 aliphatic carbocycles. The molecule has 1 heterocycles. The molecule has 2 unspecified atom stereocenters. The molecule has 1 saturated carbocycles. The van der Waals surface area contributed by atoms with E-state index in [1.54, 1.807) is 0 Å². The number of hydrogen-bond donors (Lipinski definition) is 1. The lowest BCUT2D eigenvalue weighted by molar-refractivity contribution is 0.0788. The van der Waals surface area contributed by atoms with Gasteiger partial charge in [-0.3, -0.25) is 4.90 Å². The van der Waals surface area contributed by atoms with Crippen molar-refractivity contribution in [1.29, 1.82) is 0 Å². The number of nitrogens with zero attached hydrogens (tertiary/aromatic N) is 1. The van der Waals surface area contributed by atoms with Crippen LogP contribution in [0.4, 0.5) is 0 Å². The van der Waals surface area contributed by atoms with E-state index in [0.717, 1.165) is 12.0 Å². The summed E-state index contributed by atoms with van der Waals surface area (Å²) in [7, 11) is 0. The van der Waals surface area contributed by atoms with Crippen LogP contribution >= 0.6 is 11.8 Å². The maximum absolute atomic E-state index is 3.83. The van der Waals surface area contributed by atoms with Gasteiger partial charge in [0.15, 0.2) is 0 Å². The van der Waals surface area contributed by atoms with E-state index in [-0.39, 0.29) is 0 Å². The Morgan fingerprint density at radius 2 is 2.12 bits per heavy atom. The van der Waals surface area contributed by atoms with Crippen LogP contribution in [0.1, 0.15) is 40.0 Å². The van der Waals surface area contributed by atoms with Gasteiger partial charge in [-0.1, -0.05) is 13.8 Å². The summed E-state index contributed by atoms with van der Waals surface area (Å²) in [4.78, 5) is 2.75. The molecule has 3 heteroatoms. The van der Waals surface area contributed by atoms with Gasteiger partial charge in [0.2, 0.25) is 0 Å². The number of thioether (sulfide) groups is 1. The Labute approximate surface area is 111 Å². The Kier molecular flexibility index (Phi) is 4.79. The summed E-state index contributed by atoms with van der Waals surface area (Å²) in [6.07, 6.45) is 4.17. The summed E-state index contributed by atoms with van der Waals surface area (Å²) < 4.78 is 0. The van der Waals surface area contributed by atoms with Crippen LogP contribution in [-0.4, -0.2) is 47.6 Å². The van der Waals surface area contributed by atoms with Crippen molar-refractivity contribution in [2.75, 3.05) is 31.1 Å². The molecular weight excluding hydrogens is 228 g/mol. The predicted molar refractivity (Wildman–Crippen MR) is 77.8 cm³/mol. The van der Waals surface area contributed by atoms with E-state index in [9.17, 15) is 0 Å². The number of hydrogen-bond acceptors (Lipinski definition) is 3. The number of nitrogens with one attached hydrogen (secondary N) is 1. The first-order chi connectivity index (χ1) is 8.19. The van der Waals surface area contributed by atoms with E-state index in [1.807, 2.05) is 0 Å². The molecule has 0 bridgehead atoms. The minimum Gasteiger partial charge on any atom is -0.308 e. The monoisotopic (exact) mass is 256 g/mol. The molecule has 0 amide bonds. The third-order valence-corrected chi connectivity index (χ3v) is 5.35. The van der Waals surface area contributed by atoms with Crippen molar-refractivity contribution in [2.45, 2.75) is 51.6 Å². The third kappa shape index (κ3) is 3.39. The molecule has 2 atom stereocenters. The summed E-state index contributed by atoms with van der Waals surface area (Å²) in [5.41, 5.74) is 0.405. The fourth-order valence-corrected chi connectivity index (χ4v) is 3.72. The van der Waals surface area contributed by atoms with Crippen molar-refractivity contribution in [3.63, 3.8) is 0 Å². The Morgan fingerprint density at radius 3 is 2.71 bits per heavy atom. The highest BCUT2D eigenvalue weighted by atomic mass is 32.2. The molecule has 2 aliphatic rings. The van der Waals surface area contributed by atoms with Crippen molar-refractivity contribution >= 4 is 11.8 Å². The topological polar surface area (TPSA) is 15.3 Å². The van der Waals surface area contributed by atoms with Gasteiger partial charge in [-0.25, -0.2) is 0 Å². The average molecular weight is 256 g/mol. The van der Waals surface area contributed by atoms with Crippen LogP contribution in [-0.2, 0) is 0 Å². The summed E-state index contributed by atoms with van der Waals surface area (Å²) in [5.74, 6) is 3.50. The predicted octanol–water partition coefficient (Wildman–Crippen LogP) is 2.59. The zero-order valence-corrected chi connectivity index (χ0v) is 12.5. The fourth-order valence-electron chi connectivity index (χ4n) is 3.07. The van der Waals surface area contributed by atoms with Gasteiger partial charge in [0, 0.05) is 37.0 Å². The molecule has 2 rings (SSSR count). The van der Waals surface area contributed by atoms with E-state index in [1.165, 1.54) is 50.4 Å². The van der Waals surface area contributed by atoms with Crippen molar-refractivity contribution in [3.8, 4) is 0 Å². The fraction of sp³-hybridized carbons (Fsp3) is 1.00. The third-order valence-electron chi connectivity index (χ3n) is 4.47. The largest absolute Gasteiger partial charge is 0.308 e. The summed E-state index contributed by atoms with van der Waals surface area (Å²) >= 11 is 2.08. The summed E-state index contributed by atoms with van der Waals surface area (Å²) in [6, 6.07) is 0.763. The molecule has 1 aliphatic heterocycles. The van der Waals surface area contributed by atoms with Crippen LogP contribution in [0.15, 0.2) is 0 Å². The second-order valence-electron chi connectivity index (χ2n) is 5.80. The molecule has 0 aromatic carbocycles. The smallest absolute Gasteiger partial charge is 0.0309 e. The highest BCUT2D eigenvalue weighted by molar-refractivity contribution is 7.99. The van der Waals surface area contributed by atoms with Gasteiger partial charge in [0.05, 0.1) is 0 Å². The van der Waals surface area contributed by atoms with Crippen molar-refractivity contribution < 1.29 is 0 Å². The van der Waals surface area contributed by atoms with Crippen molar-refractivity contribution in [3.05, 3.63) is 0 Å². The van der Waals surface area contributed by atoms with E-state index >= 15 is 0 Å². The molecular formula is C14H28N2S. The first-order valence-electron chi connectivity index (χ1n) is 7.26. The molecule has 0 radical (unpaired) electrons. The molecule has 2 nitrogen and oxygen atoms in total. The van der Waals surface area contributed by atoms with Crippen LogP contribution in [0.5, 0.6) is 0 Å². The zero-order valence-electron chi connectivity index (χ0n) is 11.7. The first-order valence-corrected chi connectivity index (χ1v) is 8.42. The highest BCUT2D eigenvalue weighted by Crippen LogP contribution is 2.41. The molecule has 17 heavy (non-hydrogen) atoms. The standard InChI is InChI=1S/C14H28N2S/c1-4-13-10-15-14(3,12-6-7-12)11-16(13)8-9-17-5-2/h12-13,15H,4-11H2,1-3H3. The number of piperazine rings is 1. The molecule has 0 aromatic rings. The van der Waals surface area contributed by atoms with Gasteiger partial charge < -0.3 is 5.32 Å². The Hall–Kier alpha value is 0.270. The lowest BCUT2D eigenvalue weighted by Gasteiger charge is -2.46. The lowest BCUT2D eigenvalue weighted by Crippen LogP contribution is -2.64. The maximum Gasteiger partial charge on any atom is 0.0309 e. The van der Waals surface area contributed by atoms with Gasteiger partial charge >= 0.3 is 0 Å². The van der Waals surface area contributed by atoms with Crippen LogP contribution in [0.3, 0.4) is 0 Å². The molecule has 2 fully saturated rings. The number of rotatable bonds is 6. The SMILES string of the molecule is CCSCCN1CC(C)(C2CC2)NCC1CC. The molecule has 100 valence electrons. The lowest BCUT2D eigenvalue weighted by atomic mass is 9.90. The van der Waals surface area contributed by atoms with Gasteiger partial charge in [-0.2, -0.15) is 11.8 Å². The Morgan fingerprint density at radius 1 is 1.35 bits per heavy atom. The minimum absolute atomic E-state index is 0.405. The van der Waals surface area contributed by atoms with E-state index in [0.29, 0.717) is 5.54 Å². The van der Waals surface area contributed by atoms with Gasteiger partial charge in [-0.15, -0.1) is 0 Å². The molecule has 1 N–H and O–H groups in total. The van der Waals surface area contributed by atoms with Gasteiger partial charge in [0.25, 0.3) is 0 Å². The van der Waals surface area contributed by atoms with Gasteiger partial charge in [0.1, 0.15) is 0 Å². The molecule has 0 aromatic heterocycles. The van der Waals surface area contributed by atoms with Gasteiger partial charge in [-0.05, 0) is 37.9 Å². The van der Waals surface area contributed by atoms with E-state index in [2.05, 4.69) is 42.7 Å². The summed E-state index contributed by atoms with van der Waals surface area (Å²) in [5, 5.41) is 3.83. The zero-order chi connectivity index (χ0) is 12.3. The second kappa shape index (κ2) is 5.94. The minimum atomic E-state index is 0.405.